The molecule has 0 bridgehead atoms. The molecule has 1 heterocycles. The predicted octanol–water partition coefficient (Wildman–Crippen LogP) is 3.08. The van der Waals surface area contributed by atoms with E-state index in [0.29, 0.717) is 5.69 Å². The Bertz CT molecular complexity index is 560. The summed E-state index contributed by atoms with van der Waals surface area (Å²) in [6, 6.07) is 3.58. The van der Waals surface area contributed by atoms with Crippen LogP contribution in [0.25, 0.3) is 0 Å². The molecular weight excluding hydrogens is 256 g/mol. The van der Waals surface area contributed by atoms with Crippen molar-refractivity contribution >= 4 is 17.1 Å². The van der Waals surface area contributed by atoms with Crippen molar-refractivity contribution in [2.45, 2.75) is 19.8 Å². The first-order valence-electron chi connectivity index (χ1n) is 5.42. The van der Waals surface area contributed by atoms with Crippen molar-refractivity contribution in [3.63, 3.8) is 0 Å². The maximum Gasteiger partial charge on any atom is 0.143 e. The van der Waals surface area contributed by atoms with Gasteiger partial charge in [-0.05, 0) is 19.1 Å². The Hall–Kier alpha value is -1.62. The number of nitrogens with zero attached hydrogens (tertiary/aromatic N) is 1. The monoisotopic (exact) mass is 267 g/mol. The molecule has 0 aliphatic carbocycles. The van der Waals surface area contributed by atoms with Gasteiger partial charge in [0.25, 0.3) is 0 Å². The minimum Gasteiger partial charge on any atom is -0.299 e. The summed E-state index contributed by atoms with van der Waals surface area (Å²) in [4.78, 5) is 15.9. The summed E-state index contributed by atoms with van der Waals surface area (Å²) in [5.74, 6) is -1.61. The molecule has 0 aliphatic heterocycles. The van der Waals surface area contributed by atoms with E-state index in [0.717, 1.165) is 17.1 Å². The zero-order chi connectivity index (χ0) is 13.1. The molecule has 1 aromatic carbocycles. The molecule has 94 valence electrons. The number of hydrogen-bond donors (Lipinski definition) is 0. The third-order valence-corrected chi connectivity index (χ3v) is 3.30. The first kappa shape index (κ1) is 12.8. The first-order valence-corrected chi connectivity index (χ1v) is 6.30. The number of Topliss-reactive ketones (excluding diaryl/α,β-unsaturated/α-hetero) is 1. The quantitative estimate of drug-likeness (QED) is 0.852. The SMILES string of the molecule is Cc1nc(CC(=O)Cc2c(F)cccc2F)cs1. The van der Waals surface area contributed by atoms with Gasteiger partial charge in [-0.25, -0.2) is 13.8 Å². The Balaban J connectivity index is 2.08. The highest BCUT2D eigenvalue weighted by Gasteiger charge is 2.14. The molecule has 0 amide bonds. The van der Waals surface area contributed by atoms with E-state index in [2.05, 4.69) is 4.98 Å². The Labute approximate surface area is 107 Å². The van der Waals surface area contributed by atoms with Crippen molar-refractivity contribution < 1.29 is 13.6 Å². The zero-order valence-electron chi connectivity index (χ0n) is 9.74. The number of rotatable bonds is 4. The molecule has 2 rings (SSSR count). The van der Waals surface area contributed by atoms with Crippen LogP contribution in [0.3, 0.4) is 0 Å². The fourth-order valence-corrected chi connectivity index (χ4v) is 2.26. The number of benzene rings is 1. The second-order valence-electron chi connectivity index (χ2n) is 3.95. The summed E-state index contributed by atoms with van der Waals surface area (Å²) in [7, 11) is 0. The summed E-state index contributed by atoms with van der Waals surface area (Å²) in [5, 5.41) is 2.65. The van der Waals surface area contributed by atoms with Crippen LogP contribution in [0.15, 0.2) is 23.6 Å². The van der Waals surface area contributed by atoms with E-state index in [4.69, 9.17) is 0 Å². The molecule has 5 heteroatoms. The van der Waals surface area contributed by atoms with Gasteiger partial charge in [0.2, 0.25) is 0 Å². The summed E-state index contributed by atoms with van der Waals surface area (Å²) in [6.45, 7) is 1.84. The molecule has 0 aliphatic rings. The molecule has 0 atom stereocenters. The topological polar surface area (TPSA) is 30.0 Å². The van der Waals surface area contributed by atoms with Crippen LogP contribution in [0.1, 0.15) is 16.3 Å². The molecule has 0 saturated heterocycles. The van der Waals surface area contributed by atoms with E-state index < -0.39 is 11.6 Å². The largest absolute Gasteiger partial charge is 0.299 e. The van der Waals surface area contributed by atoms with E-state index in [9.17, 15) is 13.6 Å². The van der Waals surface area contributed by atoms with E-state index >= 15 is 0 Å². The van der Waals surface area contributed by atoms with Gasteiger partial charge in [0.15, 0.2) is 0 Å². The Morgan fingerprint density at radius 3 is 2.50 bits per heavy atom. The van der Waals surface area contributed by atoms with Crippen LogP contribution in [-0.4, -0.2) is 10.8 Å². The van der Waals surface area contributed by atoms with E-state index in [1.165, 1.54) is 17.4 Å². The molecule has 0 spiro atoms. The number of carbonyl (C=O) groups excluding carboxylic acids is 1. The summed E-state index contributed by atoms with van der Waals surface area (Å²) in [6.07, 6.45) is -0.132. The van der Waals surface area contributed by atoms with Crippen LogP contribution >= 0.6 is 11.3 Å². The Morgan fingerprint density at radius 1 is 1.28 bits per heavy atom. The highest BCUT2D eigenvalue weighted by Crippen LogP contribution is 2.15. The van der Waals surface area contributed by atoms with Crippen LogP contribution in [0.4, 0.5) is 8.78 Å². The number of aromatic nitrogens is 1. The van der Waals surface area contributed by atoms with E-state index in [1.807, 2.05) is 6.92 Å². The van der Waals surface area contributed by atoms with Crippen LogP contribution in [0.5, 0.6) is 0 Å². The third-order valence-electron chi connectivity index (χ3n) is 2.48. The van der Waals surface area contributed by atoms with Crippen molar-refractivity contribution in [2.24, 2.45) is 0 Å². The molecule has 2 aromatic rings. The van der Waals surface area contributed by atoms with Gasteiger partial charge in [-0.3, -0.25) is 4.79 Å². The van der Waals surface area contributed by atoms with Crippen molar-refractivity contribution in [2.75, 3.05) is 0 Å². The average molecular weight is 267 g/mol. The van der Waals surface area contributed by atoms with Crippen molar-refractivity contribution in [3.05, 3.63) is 51.5 Å². The molecule has 0 unspecified atom stereocenters. The lowest BCUT2D eigenvalue weighted by Crippen LogP contribution is -2.09. The van der Waals surface area contributed by atoms with Gasteiger partial charge in [-0.15, -0.1) is 11.3 Å². The lowest BCUT2D eigenvalue weighted by Gasteiger charge is -2.03. The summed E-state index contributed by atoms with van der Waals surface area (Å²) < 4.78 is 26.7. The summed E-state index contributed by atoms with van der Waals surface area (Å²) in [5.41, 5.74) is 0.480. The van der Waals surface area contributed by atoms with Gasteiger partial charge in [0, 0.05) is 23.8 Å². The number of aryl methyl sites for hydroxylation is 1. The fraction of sp³-hybridized carbons (Fsp3) is 0.231. The Morgan fingerprint density at radius 2 is 1.94 bits per heavy atom. The maximum absolute atomic E-state index is 13.3. The molecule has 18 heavy (non-hydrogen) atoms. The normalized spacial score (nSPS) is 10.6. The van der Waals surface area contributed by atoms with Crippen LogP contribution in [0, 0.1) is 18.6 Å². The van der Waals surface area contributed by atoms with Crippen molar-refractivity contribution in [3.8, 4) is 0 Å². The smallest absolute Gasteiger partial charge is 0.143 e. The number of thiazole rings is 1. The van der Waals surface area contributed by atoms with Crippen LogP contribution < -0.4 is 0 Å². The van der Waals surface area contributed by atoms with Gasteiger partial charge in [0.05, 0.1) is 10.7 Å². The molecule has 2 nitrogen and oxygen atoms in total. The maximum atomic E-state index is 13.3. The Kier molecular flexibility index (Phi) is 3.81. The summed E-state index contributed by atoms with van der Waals surface area (Å²) >= 11 is 1.45. The number of hydrogen-bond acceptors (Lipinski definition) is 3. The van der Waals surface area contributed by atoms with Crippen LogP contribution in [-0.2, 0) is 17.6 Å². The van der Waals surface area contributed by atoms with E-state index in [1.54, 1.807) is 5.38 Å². The molecule has 0 saturated carbocycles. The molecule has 0 fully saturated rings. The van der Waals surface area contributed by atoms with Gasteiger partial charge < -0.3 is 0 Å². The van der Waals surface area contributed by atoms with Crippen molar-refractivity contribution in [1.82, 2.24) is 4.98 Å². The second kappa shape index (κ2) is 5.35. The minimum atomic E-state index is -0.683. The zero-order valence-corrected chi connectivity index (χ0v) is 10.6. The third kappa shape index (κ3) is 2.98. The molecule has 1 aromatic heterocycles. The molecule has 0 N–H and O–H groups in total. The highest BCUT2D eigenvalue weighted by molar-refractivity contribution is 7.09. The van der Waals surface area contributed by atoms with E-state index in [-0.39, 0.29) is 24.2 Å². The first-order chi connectivity index (χ1) is 8.56. The molecular formula is C13H11F2NOS. The predicted molar refractivity (Wildman–Crippen MR) is 65.6 cm³/mol. The van der Waals surface area contributed by atoms with Gasteiger partial charge in [0.1, 0.15) is 17.4 Å². The fourth-order valence-electron chi connectivity index (χ4n) is 1.65. The highest BCUT2D eigenvalue weighted by atomic mass is 32.1. The average Bonchev–Trinajstić information content (AvgIpc) is 2.69. The molecule has 0 radical (unpaired) electrons. The number of carbonyl (C=O) groups is 1. The van der Waals surface area contributed by atoms with Gasteiger partial charge in [-0.2, -0.15) is 0 Å². The number of halogens is 2. The minimum absolute atomic E-state index is 0.109. The van der Waals surface area contributed by atoms with Crippen LogP contribution in [0.2, 0.25) is 0 Å². The van der Waals surface area contributed by atoms with Gasteiger partial charge >= 0.3 is 0 Å². The standard InChI is InChI=1S/C13H11F2NOS/c1-8-16-9(7-18-8)5-10(17)6-11-12(14)3-2-4-13(11)15/h2-4,7H,5-6H2,1H3. The number of ketones is 1. The van der Waals surface area contributed by atoms with Crippen molar-refractivity contribution in [1.29, 1.82) is 0 Å². The second-order valence-corrected chi connectivity index (χ2v) is 5.01. The lowest BCUT2D eigenvalue weighted by atomic mass is 10.1. The lowest BCUT2D eigenvalue weighted by molar-refractivity contribution is -0.117. The van der Waals surface area contributed by atoms with Gasteiger partial charge in [-0.1, -0.05) is 6.07 Å².